The molecule has 2 aliphatic rings. The van der Waals surface area contributed by atoms with Crippen LogP contribution < -0.4 is 5.32 Å². The number of fused-ring (bicyclic) bond motifs is 1. The first-order valence-corrected chi connectivity index (χ1v) is 10.8. The Labute approximate surface area is 180 Å². The van der Waals surface area contributed by atoms with Gasteiger partial charge in [0.05, 0.1) is 17.5 Å². The molecule has 160 valence electrons. The number of rotatable bonds is 4. The Kier molecular flexibility index (Phi) is 4.84. The van der Waals surface area contributed by atoms with Gasteiger partial charge in [0.1, 0.15) is 11.5 Å². The highest BCUT2D eigenvalue weighted by Gasteiger charge is 2.30. The number of amides is 2. The summed E-state index contributed by atoms with van der Waals surface area (Å²) in [7, 11) is 1.70. The van der Waals surface area contributed by atoms with Gasteiger partial charge in [0, 0.05) is 50.9 Å². The van der Waals surface area contributed by atoms with Crippen molar-refractivity contribution in [2.75, 3.05) is 13.1 Å². The zero-order chi connectivity index (χ0) is 21.5. The molecule has 1 fully saturated rings. The van der Waals surface area contributed by atoms with Crippen molar-refractivity contribution in [2.45, 2.75) is 38.8 Å². The lowest BCUT2D eigenvalue weighted by Crippen LogP contribution is -2.44. The lowest BCUT2D eigenvalue weighted by Gasteiger charge is -2.30. The monoisotopic (exact) mass is 418 g/mol. The average Bonchev–Trinajstić information content (AvgIpc) is 3.30. The van der Waals surface area contributed by atoms with E-state index >= 15 is 0 Å². The number of aromatic nitrogens is 4. The van der Waals surface area contributed by atoms with Gasteiger partial charge in [0.25, 0.3) is 11.8 Å². The first-order chi connectivity index (χ1) is 15.0. The van der Waals surface area contributed by atoms with Crippen LogP contribution in [0.4, 0.5) is 0 Å². The number of hydrogen-bond donors (Lipinski definition) is 1. The van der Waals surface area contributed by atoms with Crippen molar-refractivity contribution < 1.29 is 9.59 Å². The smallest absolute Gasteiger partial charge is 0.270 e. The van der Waals surface area contributed by atoms with Crippen LogP contribution >= 0.6 is 0 Å². The lowest BCUT2D eigenvalue weighted by molar-refractivity contribution is 0.0646. The molecule has 8 nitrogen and oxygen atoms in total. The number of nitrogens with zero attached hydrogens (tertiary/aromatic N) is 5. The van der Waals surface area contributed by atoms with Gasteiger partial charge in [-0.25, -0.2) is 4.98 Å². The molecule has 0 radical (unpaired) electrons. The molecule has 0 aliphatic carbocycles. The zero-order valence-corrected chi connectivity index (χ0v) is 17.8. The van der Waals surface area contributed by atoms with Gasteiger partial charge >= 0.3 is 0 Å². The third-order valence-electron chi connectivity index (χ3n) is 6.29. The first kappa shape index (κ1) is 19.5. The molecule has 1 saturated heterocycles. The summed E-state index contributed by atoms with van der Waals surface area (Å²) in [5, 5.41) is 7.28. The second-order valence-electron chi connectivity index (χ2n) is 8.39. The lowest BCUT2D eigenvalue weighted by atomic mass is 10.1. The minimum Gasteiger partial charge on any atom is -0.347 e. The van der Waals surface area contributed by atoms with Gasteiger partial charge in [-0.15, -0.1) is 0 Å². The summed E-state index contributed by atoms with van der Waals surface area (Å²) in [5.41, 5.74) is 3.99. The number of nitrogens with one attached hydrogen (secondary N) is 1. The van der Waals surface area contributed by atoms with Gasteiger partial charge in [0.2, 0.25) is 0 Å². The molecule has 0 saturated carbocycles. The minimum atomic E-state index is -0.256. The predicted molar refractivity (Wildman–Crippen MR) is 116 cm³/mol. The number of hydrogen-bond acceptors (Lipinski definition) is 4. The van der Waals surface area contributed by atoms with Gasteiger partial charge in [-0.3, -0.25) is 14.3 Å². The van der Waals surface area contributed by atoms with Crippen molar-refractivity contribution in [3.63, 3.8) is 0 Å². The summed E-state index contributed by atoms with van der Waals surface area (Å²) in [5.74, 6) is 0.594. The van der Waals surface area contributed by atoms with Crippen LogP contribution in [0.5, 0.6) is 0 Å². The molecule has 31 heavy (non-hydrogen) atoms. The second-order valence-corrected chi connectivity index (χ2v) is 8.39. The van der Waals surface area contributed by atoms with E-state index in [4.69, 9.17) is 4.98 Å². The summed E-state index contributed by atoms with van der Waals surface area (Å²) in [6, 6.07) is 8.19. The van der Waals surface area contributed by atoms with Crippen LogP contribution in [0.15, 0.2) is 36.7 Å². The van der Waals surface area contributed by atoms with Crippen molar-refractivity contribution in [1.29, 1.82) is 0 Å². The number of carbonyl (C=O) groups is 2. The molecule has 1 N–H and O–H groups in total. The molecule has 0 unspecified atom stereocenters. The molecule has 5 rings (SSSR count). The van der Waals surface area contributed by atoms with E-state index in [1.54, 1.807) is 11.9 Å². The summed E-state index contributed by atoms with van der Waals surface area (Å²) in [4.78, 5) is 32.3. The minimum absolute atomic E-state index is 0.0334. The Morgan fingerprint density at radius 2 is 1.97 bits per heavy atom. The number of imidazole rings is 1. The molecular weight excluding hydrogens is 392 g/mol. The van der Waals surface area contributed by atoms with Gasteiger partial charge in [-0.2, -0.15) is 5.10 Å². The average molecular weight is 419 g/mol. The van der Waals surface area contributed by atoms with E-state index in [-0.39, 0.29) is 17.9 Å². The molecule has 0 spiro atoms. The van der Waals surface area contributed by atoms with Crippen LogP contribution in [0.1, 0.15) is 45.1 Å². The third-order valence-corrected chi connectivity index (χ3v) is 6.29. The highest BCUT2D eigenvalue weighted by atomic mass is 16.2. The van der Waals surface area contributed by atoms with Gasteiger partial charge in [0.15, 0.2) is 0 Å². The number of carbonyl (C=O) groups excluding carboxylic acids is 2. The van der Waals surface area contributed by atoms with E-state index in [0.717, 1.165) is 49.6 Å². The van der Waals surface area contributed by atoms with Crippen molar-refractivity contribution in [2.24, 2.45) is 7.05 Å². The van der Waals surface area contributed by atoms with Crippen molar-refractivity contribution in [3.05, 3.63) is 59.3 Å². The van der Waals surface area contributed by atoms with E-state index in [9.17, 15) is 9.59 Å². The summed E-state index contributed by atoms with van der Waals surface area (Å²) in [6.07, 6.45) is 6.07. The fraction of sp³-hybridized carbons (Fsp3) is 0.391. The molecule has 1 atom stereocenters. The SMILES string of the molecule is Cc1ccccc1-c1cn2c(n1)C[C@H](NC(=O)c1c(C(=O)N3CCC3)cnn1C)CC2. The molecule has 8 heteroatoms. The van der Waals surface area contributed by atoms with Crippen LogP contribution in [-0.4, -0.2) is 55.2 Å². The highest BCUT2D eigenvalue weighted by Crippen LogP contribution is 2.25. The van der Waals surface area contributed by atoms with Gasteiger partial charge in [-0.1, -0.05) is 24.3 Å². The summed E-state index contributed by atoms with van der Waals surface area (Å²) < 4.78 is 3.66. The van der Waals surface area contributed by atoms with E-state index in [1.165, 1.54) is 16.4 Å². The van der Waals surface area contributed by atoms with Crippen LogP contribution in [0.2, 0.25) is 0 Å². The quantitative estimate of drug-likeness (QED) is 0.704. The number of aryl methyl sites for hydroxylation is 3. The Bertz CT molecular complexity index is 1160. The van der Waals surface area contributed by atoms with Gasteiger partial charge < -0.3 is 14.8 Å². The van der Waals surface area contributed by atoms with Crippen LogP contribution in [0.25, 0.3) is 11.3 Å². The Morgan fingerprint density at radius 1 is 1.16 bits per heavy atom. The molecule has 2 aliphatic heterocycles. The van der Waals surface area contributed by atoms with Crippen molar-refractivity contribution >= 4 is 11.8 Å². The molecule has 1 aromatic carbocycles. The molecule has 4 heterocycles. The molecule has 3 aromatic rings. The maximum atomic E-state index is 13.1. The maximum absolute atomic E-state index is 13.1. The maximum Gasteiger partial charge on any atom is 0.270 e. The standard InChI is InChI=1S/C23H26N6O2/c1-15-6-3-4-7-17(15)19-14-29-11-8-16(12-20(29)26-19)25-22(30)21-18(13-24-27(21)2)23(31)28-9-5-10-28/h3-4,6-7,13-14,16H,5,8-12H2,1-2H3,(H,25,30)/t16-/m1/s1. The Morgan fingerprint density at radius 3 is 2.71 bits per heavy atom. The number of benzene rings is 1. The Balaban J connectivity index is 1.32. The molecular formula is C23H26N6O2. The van der Waals surface area contributed by atoms with Crippen molar-refractivity contribution in [1.82, 2.24) is 29.5 Å². The predicted octanol–water partition coefficient (Wildman–Crippen LogP) is 2.18. The number of likely N-dealkylation sites (tertiary alicyclic amines) is 1. The molecule has 2 aromatic heterocycles. The molecule has 2 amide bonds. The Hall–Kier alpha value is -3.42. The van der Waals surface area contributed by atoms with E-state index in [1.807, 2.05) is 12.1 Å². The van der Waals surface area contributed by atoms with E-state index < -0.39 is 0 Å². The second kappa shape index (κ2) is 7.68. The fourth-order valence-corrected chi connectivity index (χ4v) is 4.35. The van der Waals surface area contributed by atoms with Crippen LogP contribution in [-0.2, 0) is 20.0 Å². The van der Waals surface area contributed by atoms with Crippen molar-refractivity contribution in [3.8, 4) is 11.3 Å². The highest BCUT2D eigenvalue weighted by molar-refractivity contribution is 6.06. The summed E-state index contributed by atoms with van der Waals surface area (Å²) in [6.45, 7) is 4.36. The topological polar surface area (TPSA) is 85.1 Å². The van der Waals surface area contributed by atoms with Crippen LogP contribution in [0.3, 0.4) is 0 Å². The van der Waals surface area contributed by atoms with E-state index in [2.05, 4.69) is 40.2 Å². The zero-order valence-electron chi connectivity index (χ0n) is 17.8. The van der Waals surface area contributed by atoms with Crippen LogP contribution in [0, 0.1) is 6.92 Å². The summed E-state index contributed by atoms with van der Waals surface area (Å²) >= 11 is 0. The van der Waals surface area contributed by atoms with Gasteiger partial charge in [-0.05, 0) is 25.3 Å². The fourth-order valence-electron chi connectivity index (χ4n) is 4.35. The first-order valence-electron chi connectivity index (χ1n) is 10.8. The molecule has 0 bridgehead atoms. The van der Waals surface area contributed by atoms with E-state index in [0.29, 0.717) is 17.7 Å². The third kappa shape index (κ3) is 3.52. The normalized spacial score (nSPS) is 17.7. The largest absolute Gasteiger partial charge is 0.347 e.